The molecule has 0 aliphatic carbocycles. The number of nitrogens with one attached hydrogen (secondary N) is 1. The molecule has 22 heavy (non-hydrogen) atoms. The van der Waals surface area contributed by atoms with E-state index in [-0.39, 0.29) is 6.10 Å². The van der Waals surface area contributed by atoms with Crippen LogP contribution in [0.4, 0.5) is 0 Å². The Hall–Kier alpha value is -0.120. The van der Waals surface area contributed by atoms with E-state index in [2.05, 4.69) is 19.2 Å². The van der Waals surface area contributed by atoms with Crippen LogP contribution in [-0.2, 0) is 4.74 Å². The summed E-state index contributed by atoms with van der Waals surface area (Å²) in [6, 6.07) is 0. The maximum Gasteiger partial charge on any atom is 0.0897 e. The quantitative estimate of drug-likeness (QED) is 0.361. The predicted octanol–water partition coefficient (Wildman–Crippen LogP) is 4.67. The van der Waals surface area contributed by atoms with Gasteiger partial charge in [-0.15, -0.1) is 0 Å². The second-order valence-electron chi connectivity index (χ2n) is 6.47. The highest BCUT2D eigenvalue weighted by Crippen LogP contribution is 2.10. The van der Waals surface area contributed by atoms with Crippen LogP contribution in [0.3, 0.4) is 0 Å². The lowest BCUT2D eigenvalue weighted by Crippen LogP contribution is -2.31. The minimum Gasteiger partial charge on any atom is -0.389 e. The lowest BCUT2D eigenvalue weighted by Gasteiger charge is -2.12. The van der Waals surface area contributed by atoms with Crippen molar-refractivity contribution in [2.24, 2.45) is 0 Å². The van der Waals surface area contributed by atoms with E-state index in [0.717, 1.165) is 19.6 Å². The number of hydrogen-bond donors (Lipinski definition) is 2. The summed E-state index contributed by atoms with van der Waals surface area (Å²) in [5, 5.41) is 13.0. The van der Waals surface area contributed by atoms with Gasteiger partial charge in [0.2, 0.25) is 0 Å². The van der Waals surface area contributed by atoms with Gasteiger partial charge in [-0.05, 0) is 19.4 Å². The highest BCUT2D eigenvalue weighted by Gasteiger charge is 2.02. The Morgan fingerprint density at radius 2 is 1.32 bits per heavy atom. The SMILES string of the molecule is CCCCCCCCCCCCOCC(O)CNCCCC. The van der Waals surface area contributed by atoms with E-state index in [1.807, 2.05) is 0 Å². The average Bonchev–Trinajstić information content (AvgIpc) is 2.52. The summed E-state index contributed by atoms with van der Waals surface area (Å²) < 4.78 is 5.53. The van der Waals surface area contributed by atoms with Gasteiger partial charge in [-0.1, -0.05) is 78.1 Å². The van der Waals surface area contributed by atoms with Gasteiger partial charge in [0.15, 0.2) is 0 Å². The molecule has 0 spiro atoms. The molecule has 0 rings (SSSR count). The van der Waals surface area contributed by atoms with E-state index >= 15 is 0 Å². The van der Waals surface area contributed by atoms with Crippen LogP contribution >= 0.6 is 0 Å². The number of ether oxygens (including phenoxy) is 1. The molecule has 1 atom stereocenters. The minimum absolute atomic E-state index is 0.361. The van der Waals surface area contributed by atoms with Crippen molar-refractivity contribution >= 4 is 0 Å². The number of hydrogen-bond acceptors (Lipinski definition) is 3. The molecule has 0 fully saturated rings. The second kappa shape index (κ2) is 18.9. The lowest BCUT2D eigenvalue weighted by atomic mass is 10.1. The molecule has 0 heterocycles. The van der Waals surface area contributed by atoms with Gasteiger partial charge in [0.05, 0.1) is 12.7 Å². The normalized spacial score (nSPS) is 12.7. The summed E-state index contributed by atoms with van der Waals surface area (Å²) in [6.45, 7) is 7.35. The second-order valence-corrected chi connectivity index (χ2v) is 6.47. The number of aliphatic hydroxyl groups is 1. The number of rotatable bonds is 18. The molecule has 0 bridgehead atoms. The molecule has 0 aromatic heterocycles. The zero-order valence-electron chi connectivity index (χ0n) is 15.2. The van der Waals surface area contributed by atoms with Gasteiger partial charge >= 0.3 is 0 Å². The molecule has 2 N–H and O–H groups in total. The summed E-state index contributed by atoms with van der Waals surface area (Å²) in [4.78, 5) is 0. The first kappa shape index (κ1) is 21.9. The maximum absolute atomic E-state index is 9.72. The minimum atomic E-state index is -0.361. The average molecular weight is 316 g/mol. The Kier molecular flexibility index (Phi) is 18.8. The molecule has 1 unspecified atom stereocenters. The first-order valence-electron chi connectivity index (χ1n) is 9.77. The first-order valence-corrected chi connectivity index (χ1v) is 9.77. The standard InChI is InChI=1S/C19H41NO2/c1-3-5-7-8-9-10-11-12-13-14-16-22-18-19(21)17-20-15-6-4-2/h19-21H,3-18H2,1-2H3. The summed E-state index contributed by atoms with van der Waals surface area (Å²) >= 11 is 0. The first-order chi connectivity index (χ1) is 10.8. The fraction of sp³-hybridized carbons (Fsp3) is 1.00. The van der Waals surface area contributed by atoms with Crippen molar-refractivity contribution in [1.29, 1.82) is 0 Å². The molecular formula is C19H41NO2. The molecule has 0 radical (unpaired) electrons. The largest absolute Gasteiger partial charge is 0.389 e. The topological polar surface area (TPSA) is 41.5 Å². The fourth-order valence-electron chi connectivity index (χ4n) is 2.54. The van der Waals surface area contributed by atoms with E-state index in [1.165, 1.54) is 70.6 Å². The molecule has 0 aliphatic heterocycles. The molecule has 0 saturated carbocycles. The van der Waals surface area contributed by atoms with E-state index in [1.54, 1.807) is 0 Å². The smallest absolute Gasteiger partial charge is 0.0897 e. The van der Waals surface area contributed by atoms with Gasteiger partial charge in [-0.25, -0.2) is 0 Å². The number of unbranched alkanes of at least 4 members (excludes halogenated alkanes) is 10. The van der Waals surface area contributed by atoms with Crippen molar-refractivity contribution in [3.63, 3.8) is 0 Å². The fourth-order valence-corrected chi connectivity index (χ4v) is 2.54. The van der Waals surface area contributed by atoms with Gasteiger partial charge in [0, 0.05) is 13.2 Å². The maximum atomic E-state index is 9.72. The van der Waals surface area contributed by atoms with Crippen LogP contribution in [0.2, 0.25) is 0 Å². The zero-order valence-corrected chi connectivity index (χ0v) is 15.2. The third kappa shape index (κ3) is 17.9. The van der Waals surface area contributed by atoms with E-state index in [0.29, 0.717) is 13.2 Å². The number of aliphatic hydroxyl groups excluding tert-OH is 1. The predicted molar refractivity (Wildman–Crippen MR) is 96.4 cm³/mol. The van der Waals surface area contributed by atoms with Gasteiger partial charge in [-0.2, -0.15) is 0 Å². The van der Waals surface area contributed by atoms with Gasteiger partial charge in [0.25, 0.3) is 0 Å². The highest BCUT2D eigenvalue weighted by atomic mass is 16.5. The van der Waals surface area contributed by atoms with Crippen molar-refractivity contribution < 1.29 is 9.84 Å². The van der Waals surface area contributed by atoms with Crippen molar-refractivity contribution in [2.75, 3.05) is 26.3 Å². The Morgan fingerprint density at radius 3 is 1.91 bits per heavy atom. The van der Waals surface area contributed by atoms with Crippen molar-refractivity contribution in [1.82, 2.24) is 5.32 Å². The van der Waals surface area contributed by atoms with E-state index in [9.17, 15) is 5.11 Å². The van der Waals surface area contributed by atoms with Crippen LogP contribution in [0.15, 0.2) is 0 Å². The van der Waals surface area contributed by atoms with Crippen LogP contribution in [0.25, 0.3) is 0 Å². The summed E-state index contributed by atoms with van der Waals surface area (Å²) in [5.41, 5.74) is 0. The highest BCUT2D eigenvalue weighted by molar-refractivity contribution is 4.58. The van der Waals surface area contributed by atoms with Crippen LogP contribution in [-0.4, -0.2) is 37.5 Å². The van der Waals surface area contributed by atoms with Crippen LogP contribution in [0.5, 0.6) is 0 Å². The molecule has 0 amide bonds. The van der Waals surface area contributed by atoms with Crippen molar-refractivity contribution in [3.05, 3.63) is 0 Å². The Morgan fingerprint density at radius 1 is 0.773 bits per heavy atom. The molecule has 0 aliphatic rings. The summed E-state index contributed by atoms with van der Waals surface area (Å²) in [6.07, 6.45) is 15.5. The molecule has 0 aromatic carbocycles. The van der Waals surface area contributed by atoms with Crippen LogP contribution in [0.1, 0.15) is 90.9 Å². The third-order valence-electron chi connectivity index (χ3n) is 4.04. The van der Waals surface area contributed by atoms with E-state index in [4.69, 9.17) is 4.74 Å². The summed E-state index contributed by atoms with van der Waals surface area (Å²) in [7, 11) is 0. The Bertz CT molecular complexity index is 200. The third-order valence-corrected chi connectivity index (χ3v) is 4.04. The van der Waals surface area contributed by atoms with E-state index < -0.39 is 0 Å². The monoisotopic (exact) mass is 315 g/mol. The molecule has 3 nitrogen and oxygen atoms in total. The molecule has 3 heteroatoms. The van der Waals surface area contributed by atoms with Crippen LogP contribution < -0.4 is 5.32 Å². The van der Waals surface area contributed by atoms with Gasteiger partial charge in [0.1, 0.15) is 0 Å². The molecule has 0 saturated heterocycles. The Labute approximate surface area is 139 Å². The summed E-state index contributed by atoms with van der Waals surface area (Å²) in [5.74, 6) is 0. The molecular weight excluding hydrogens is 274 g/mol. The van der Waals surface area contributed by atoms with Crippen molar-refractivity contribution in [2.45, 2.75) is 97.0 Å². The molecule has 0 aromatic rings. The zero-order chi connectivity index (χ0) is 16.3. The van der Waals surface area contributed by atoms with Gasteiger partial charge < -0.3 is 15.2 Å². The Balaban J connectivity index is 3.07. The van der Waals surface area contributed by atoms with Crippen LogP contribution in [0, 0.1) is 0 Å². The van der Waals surface area contributed by atoms with Crippen molar-refractivity contribution in [3.8, 4) is 0 Å². The molecule has 134 valence electrons. The lowest BCUT2D eigenvalue weighted by molar-refractivity contribution is 0.0355. The van der Waals surface area contributed by atoms with Gasteiger partial charge in [-0.3, -0.25) is 0 Å².